The van der Waals surface area contributed by atoms with Gasteiger partial charge in [-0.3, -0.25) is 4.98 Å². The van der Waals surface area contributed by atoms with Crippen molar-refractivity contribution in [2.75, 3.05) is 11.9 Å². The molecule has 2 heterocycles. The van der Waals surface area contributed by atoms with Crippen LogP contribution in [0.2, 0.25) is 5.15 Å². The monoisotopic (exact) mass is 223 g/mol. The van der Waals surface area contributed by atoms with Gasteiger partial charge in [-0.2, -0.15) is 0 Å². The second-order valence-electron chi connectivity index (χ2n) is 3.08. The second kappa shape index (κ2) is 4.31. The van der Waals surface area contributed by atoms with E-state index in [1.54, 1.807) is 12.4 Å². The summed E-state index contributed by atoms with van der Waals surface area (Å²) in [5.74, 6) is 0. The highest BCUT2D eigenvalue weighted by Gasteiger charge is 2.14. The quantitative estimate of drug-likeness (QED) is 0.779. The van der Waals surface area contributed by atoms with Crippen LogP contribution in [0.15, 0.2) is 30.7 Å². The molecule has 0 amide bonds. The molecule has 0 atom stereocenters. The van der Waals surface area contributed by atoms with Gasteiger partial charge in [0.1, 0.15) is 11.9 Å². The molecule has 0 aliphatic heterocycles. The Morgan fingerprint density at radius 3 is 3.13 bits per heavy atom. The minimum atomic E-state index is 0.598. The summed E-state index contributed by atoms with van der Waals surface area (Å²) < 4.78 is 1.83. The van der Waals surface area contributed by atoms with E-state index in [9.17, 15) is 0 Å². The van der Waals surface area contributed by atoms with E-state index in [-0.39, 0.29) is 0 Å². The van der Waals surface area contributed by atoms with Crippen molar-refractivity contribution in [1.29, 1.82) is 0 Å². The van der Waals surface area contributed by atoms with Crippen LogP contribution in [-0.2, 0) is 0 Å². The highest BCUT2D eigenvalue weighted by Crippen LogP contribution is 2.16. The van der Waals surface area contributed by atoms with Gasteiger partial charge < -0.3 is 5.32 Å². The number of pyridine rings is 1. The van der Waals surface area contributed by atoms with Gasteiger partial charge in [0.05, 0.1) is 0 Å². The number of halogens is 1. The maximum absolute atomic E-state index is 6.01. The zero-order valence-electron chi connectivity index (χ0n) is 8.37. The van der Waals surface area contributed by atoms with E-state index in [1.807, 2.05) is 29.9 Å². The largest absolute Gasteiger partial charge is 0.378 e. The van der Waals surface area contributed by atoms with Crippen molar-refractivity contribution in [1.82, 2.24) is 10.1 Å². The number of aromatic nitrogens is 3. The first kappa shape index (κ1) is 9.98. The van der Waals surface area contributed by atoms with Crippen molar-refractivity contribution in [3.63, 3.8) is 0 Å². The molecule has 0 radical (unpaired) electrons. The number of rotatable bonds is 3. The molecule has 4 nitrogen and oxygen atoms in total. The number of hydrogen-bond acceptors (Lipinski definition) is 2. The van der Waals surface area contributed by atoms with E-state index in [4.69, 9.17) is 11.6 Å². The van der Waals surface area contributed by atoms with Gasteiger partial charge >= 0.3 is 0 Å². The lowest BCUT2D eigenvalue weighted by Crippen LogP contribution is -2.31. The molecule has 2 rings (SSSR count). The molecule has 0 unspecified atom stereocenters. The van der Waals surface area contributed by atoms with Gasteiger partial charge in [0.25, 0.3) is 5.69 Å². The molecular weight excluding hydrogens is 212 g/mol. The average Bonchev–Trinajstić information content (AvgIpc) is 2.63. The lowest BCUT2D eigenvalue weighted by molar-refractivity contribution is -0.655. The minimum Gasteiger partial charge on any atom is -0.378 e. The van der Waals surface area contributed by atoms with Crippen LogP contribution in [0, 0.1) is 0 Å². The molecule has 2 aromatic rings. The highest BCUT2D eigenvalue weighted by molar-refractivity contribution is 6.31. The standard InChI is InChI=1S/C10H11ClN4/c1-2-13-9-7-15(14-10(9)11)8-4-3-5-12-6-8/h3-7,13H,2H2,1H3/p+1. The molecular formula is C10H12ClN4+. The summed E-state index contributed by atoms with van der Waals surface area (Å²) in [6.07, 6.45) is 5.41. The third-order valence-electron chi connectivity index (χ3n) is 2.00. The Bertz CT molecular complexity index is 438. The number of nitrogens with zero attached hydrogens (tertiary/aromatic N) is 2. The normalized spacial score (nSPS) is 10.3. The lowest BCUT2D eigenvalue weighted by Gasteiger charge is -1.93. The molecule has 78 valence electrons. The second-order valence-corrected chi connectivity index (χ2v) is 3.46. The Morgan fingerprint density at radius 1 is 1.60 bits per heavy atom. The summed E-state index contributed by atoms with van der Waals surface area (Å²) in [6, 6.07) is 3.83. The van der Waals surface area contributed by atoms with Crippen molar-refractivity contribution in [3.8, 4) is 5.69 Å². The van der Waals surface area contributed by atoms with Crippen molar-refractivity contribution in [2.45, 2.75) is 6.92 Å². The summed E-state index contributed by atoms with van der Waals surface area (Å²) in [4.78, 5) is 4.04. The molecule has 0 aliphatic carbocycles. The van der Waals surface area contributed by atoms with Crippen molar-refractivity contribution in [2.24, 2.45) is 0 Å². The number of nitrogens with one attached hydrogen (secondary N) is 2. The summed E-state index contributed by atoms with van der Waals surface area (Å²) in [7, 11) is 0. The van der Waals surface area contributed by atoms with Gasteiger partial charge in [-0.25, -0.2) is 0 Å². The van der Waals surface area contributed by atoms with Crippen LogP contribution in [0.5, 0.6) is 0 Å². The Balaban J connectivity index is 2.34. The zero-order chi connectivity index (χ0) is 10.7. The number of H-pyrrole nitrogens is 1. The predicted octanol–water partition coefficient (Wildman–Crippen LogP) is 1.77. The molecule has 0 fully saturated rings. The van der Waals surface area contributed by atoms with Crippen LogP contribution in [0.3, 0.4) is 0 Å². The third-order valence-corrected chi connectivity index (χ3v) is 2.29. The average molecular weight is 224 g/mol. The van der Waals surface area contributed by atoms with Gasteiger partial charge in [-0.1, -0.05) is 16.3 Å². The van der Waals surface area contributed by atoms with Gasteiger partial charge in [-0.05, 0) is 13.0 Å². The Hall–Kier alpha value is -1.55. The first-order valence-corrected chi connectivity index (χ1v) is 5.13. The molecule has 2 N–H and O–H groups in total. The number of aromatic amines is 1. The lowest BCUT2D eigenvalue weighted by atomic mass is 10.4. The Morgan fingerprint density at radius 2 is 2.47 bits per heavy atom. The molecule has 15 heavy (non-hydrogen) atoms. The molecule has 0 aromatic carbocycles. The maximum atomic E-state index is 6.01. The van der Waals surface area contributed by atoms with E-state index >= 15 is 0 Å². The van der Waals surface area contributed by atoms with E-state index < -0.39 is 0 Å². The van der Waals surface area contributed by atoms with Crippen LogP contribution in [0.1, 0.15) is 6.92 Å². The maximum Gasteiger partial charge on any atom is 0.253 e. The van der Waals surface area contributed by atoms with E-state index in [1.165, 1.54) is 0 Å². The van der Waals surface area contributed by atoms with Crippen LogP contribution < -0.4 is 10.00 Å². The fourth-order valence-electron chi connectivity index (χ4n) is 1.33. The molecule has 0 saturated carbocycles. The van der Waals surface area contributed by atoms with Crippen LogP contribution in [0.25, 0.3) is 5.69 Å². The fourth-order valence-corrected chi connectivity index (χ4v) is 1.54. The fraction of sp³-hybridized carbons (Fsp3) is 0.200. The van der Waals surface area contributed by atoms with Crippen molar-refractivity contribution < 1.29 is 4.68 Å². The predicted molar refractivity (Wildman–Crippen MR) is 59.3 cm³/mol. The molecule has 0 aliphatic rings. The molecule has 0 bridgehead atoms. The Kier molecular flexibility index (Phi) is 2.87. The topological polar surface area (TPSA) is 44.6 Å². The summed E-state index contributed by atoms with van der Waals surface area (Å²) in [5.41, 5.74) is 1.84. The molecule has 0 saturated heterocycles. The van der Waals surface area contributed by atoms with Crippen molar-refractivity contribution >= 4 is 17.3 Å². The minimum absolute atomic E-state index is 0.598. The number of anilines is 1. The first-order valence-electron chi connectivity index (χ1n) is 4.75. The number of hydrogen-bond donors (Lipinski definition) is 2. The summed E-state index contributed by atoms with van der Waals surface area (Å²) in [5, 5.41) is 6.78. The van der Waals surface area contributed by atoms with Gasteiger partial charge in [-0.15, -0.1) is 5.10 Å². The first-order chi connectivity index (χ1) is 7.31. The van der Waals surface area contributed by atoms with Gasteiger partial charge in [0.2, 0.25) is 6.20 Å². The van der Waals surface area contributed by atoms with E-state index in [0.29, 0.717) is 5.15 Å². The summed E-state index contributed by atoms with van der Waals surface area (Å²) in [6.45, 7) is 2.86. The third kappa shape index (κ3) is 2.10. The Labute approximate surface area is 92.9 Å². The molecule has 0 spiro atoms. The molecule has 2 aromatic heterocycles. The van der Waals surface area contributed by atoms with E-state index in [0.717, 1.165) is 17.9 Å². The van der Waals surface area contributed by atoms with Crippen LogP contribution >= 0.6 is 11.6 Å². The van der Waals surface area contributed by atoms with Gasteiger partial charge in [0, 0.05) is 18.8 Å². The zero-order valence-corrected chi connectivity index (χ0v) is 9.12. The van der Waals surface area contributed by atoms with Crippen molar-refractivity contribution in [3.05, 3.63) is 35.9 Å². The van der Waals surface area contributed by atoms with Crippen LogP contribution in [-0.4, -0.2) is 16.6 Å². The smallest absolute Gasteiger partial charge is 0.253 e. The molecule has 5 heteroatoms. The van der Waals surface area contributed by atoms with Crippen LogP contribution in [0.4, 0.5) is 5.69 Å². The summed E-state index contributed by atoms with van der Waals surface area (Å²) >= 11 is 6.01. The highest BCUT2D eigenvalue weighted by atomic mass is 35.5. The van der Waals surface area contributed by atoms with Gasteiger partial charge in [0.15, 0.2) is 5.15 Å². The van der Waals surface area contributed by atoms with E-state index in [2.05, 4.69) is 15.4 Å². The SMILES string of the molecule is CCNc1c[n+](-c2cccnc2)[nH]c1Cl.